The maximum absolute atomic E-state index is 10.4. The lowest BCUT2D eigenvalue weighted by atomic mass is 9.93. The second-order valence-electron chi connectivity index (χ2n) is 8.88. The van der Waals surface area contributed by atoms with E-state index in [0.717, 1.165) is 30.6 Å². The molecule has 7 nitrogen and oxygen atoms in total. The van der Waals surface area contributed by atoms with Crippen molar-refractivity contribution in [2.24, 2.45) is 21.6 Å². The Bertz CT molecular complexity index is 909. The standard InChI is InChI=1S/C26H36N4O3/c1-4-7-8-9-10-17-31-21-13-11-20(12-14-21)22-24(18-27)23(29)30-26(32-15-5-2,33-16-6-3)25(22,24)19-28/h11-14,22H,4-10,15-17H2,1-3H3,(H2,29,30). The number of amidine groups is 1. The highest BCUT2D eigenvalue weighted by atomic mass is 16.7. The van der Waals surface area contributed by atoms with Crippen LogP contribution in [0.5, 0.6) is 5.75 Å². The van der Waals surface area contributed by atoms with Gasteiger partial charge >= 0.3 is 0 Å². The van der Waals surface area contributed by atoms with Crippen molar-refractivity contribution in [1.29, 1.82) is 10.5 Å². The predicted molar refractivity (Wildman–Crippen MR) is 126 cm³/mol. The van der Waals surface area contributed by atoms with Crippen LogP contribution < -0.4 is 10.5 Å². The minimum absolute atomic E-state index is 0.108. The molecule has 0 amide bonds. The van der Waals surface area contributed by atoms with Crippen molar-refractivity contribution in [2.45, 2.75) is 77.5 Å². The first-order chi connectivity index (χ1) is 16.0. The molecule has 33 heavy (non-hydrogen) atoms. The van der Waals surface area contributed by atoms with Gasteiger partial charge in [-0.1, -0.05) is 58.6 Å². The normalized spacial score (nSPS) is 26.7. The smallest absolute Gasteiger partial charge is 0.293 e. The number of fused-ring (bicyclic) bond motifs is 1. The third-order valence-electron chi connectivity index (χ3n) is 6.66. The summed E-state index contributed by atoms with van der Waals surface area (Å²) in [7, 11) is 0. The van der Waals surface area contributed by atoms with Gasteiger partial charge in [-0.2, -0.15) is 10.5 Å². The number of aliphatic imine (C=N–C) groups is 1. The first-order valence-electron chi connectivity index (χ1n) is 12.2. The second kappa shape index (κ2) is 10.5. The summed E-state index contributed by atoms with van der Waals surface area (Å²) in [4.78, 5) is 4.46. The zero-order valence-corrected chi connectivity index (χ0v) is 20.1. The fourth-order valence-corrected chi connectivity index (χ4v) is 4.99. The number of nitrogens with zero attached hydrogens (tertiary/aromatic N) is 3. The van der Waals surface area contributed by atoms with Crippen molar-refractivity contribution in [2.75, 3.05) is 19.8 Å². The van der Waals surface area contributed by atoms with Crippen LogP contribution in [-0.4, -0.2) is 31.6 Å². The molecular weight excluding hydrogens is 416 g/mol. The Morgan fingerprint density at radius 2 is 1.52 bits per heavy atom. The van der Waals surface area contributed by atoms with E-state index in [1.54, 1.807) is 0 Å². The molecule has 0 bridgehead atoms. The van der Waals surface area contributed by atoms with E-state index in [4.69, 9.17) is 19.9 Å². The van der Waals surface area contributed by atoms with Gasteiger partial charge in [-0.3, -0.25) is 0 Å². The fraction of sp³-hybridized carbons (Fsp3) is 0.654. The van der Waals surface area contributed by atoms with Gasteiger partial charge < -0.3 is 19.9 Å². The molecule has 3 atom stereocenters. The molecule has 0 saturated heterocycles. The Morgan fingerprint density at radius 1 is 0.879 bits per heavy atom. The van der Waals surface area contributed by atoms with Crippen LogP contribution in [0.3, 0.4) is 0 Å². The number of hydrogen-bond acceptors (Lipinski definition) is 7. The minimum atomic E-state index is -1.58. The van der Waals surface area contributed by atoms with Crippen molar-refractivity contribution in [1.82, 2.24) is 0 Å². The molecule has 178 valence electrons. The number of benzene rings is 1. The Morgan fingerprint density at radius 3 is 2.06 bits per heavy atom. The summed E-state index contributed by atoms with van der Waals surface area (Å²) in [5.41, 5.74) is 4.54. The van der Waals surface area contributed by atoms with Crippen molar-refractivity contribution in [3.05, 3.63) is 29.8 Å². The van der Waals surface area contributed by atoms with Crippen LogP contribution in [0.25, 0.3) is 0 Å². The molecule has 3 unspecified atom stereocenters. The van der Waals surface area contributed by atoms with Gasteiger partial charge in [0.25, 0.3) is 5.91 Å². The van der Waals surface area contributed by atoms with E-state index >= 15 is 0 Å². The Balaban J connectivity index is 1.83. The molecule has 0 aromatic heterocycles. The van der Waals surface area contributed by atoms with Crippen molar-refractivity contribution >= 4 is 5.84 Å². The summed E-state index contributed by atoms with van der Waals surface area (Å²) in [6.45, 7) is 7.52. The van der Waals surface area contributed by atoms with Crippen LogP contribution in [0.15, 0.2) is 29.3 Å². The van der Waals surface area contributed by atoms with Crippen LogP contribution in [-0.2, 0) is 9.47 Å². The van der Waals surface area contributed by atoms with Crippen molar-refractivity contribution in [3.8, 4) is 17.9 Å². The average molecular weight is 453 g/mol. The highest BCUT2D eigenvalue weighted by Gasteiger charge is 2.93. The number of hydrogen-bond donors (Lipinski definition) is 1. The molecule has 1 aromatic rings. The van der Waals surface area contributed by atoms with E-state index in [-0.39, 0.29) is 5.84 Å². The van der Waals surface area contributed by atoms with E-state index in [1.165, 1.54) is 25.7 Å². The van der Waals surface area contributed by atoms with Crippen molar-refractivity contribution in [3.63, 3.8) is 0 Å². The number of nitrogens with two attached hydrogens (primary N) is 1. The fourth-order valence-electron chi connectivity index (χ4n) is 4.99. The van der Waals surface area contributed by atoms with Gasteiger partial charge in [0.1, 0.15) is 17.0 Å². The van der Waals surface area contributed by atoms with Crippen LogP contribution in [0.1, 0.15) is 77.2 Å². The highest BCUT2D eigenvalue weighted by Crippen LogP contribution is 2.82. The summed E-state index contributed by atoms with van der Waals surface area (Å²) in [5, 5.41) is 20.6. The van der Waals surface area contributed by atoms with Crippen LogP contribution in [0.2, 0.25) is 0 Å². The lowest BCUT2D eigenvalue weighted by molar-refractivity contribution is -0.259. The van der Waals surface area contributed by atoms with Gasteiger partial charge in [0.05, 0.1) is 32.0 Å². The molecule has 1 aromatic carbocycles. The third-order valence-corrected chi connectivity index (χ3v) is 6.66. The van der Waals surface area contributed by atoms with Gasteiger partial charge in [0.2, 0.25) is 0 Å². The second-order valence-corrected chi connectivity index (χ2v) is 8.88. The van der Waals surface area contributed by atoms with Gasteiger partial charge in [0, 0.05) is 5.92 Å². The van der Waals surface area contributed by atoms with Crippen LogP contribution in [0.4, 0.5) is 0 Å². The molecule has 1 aliphatic carbocycles. The molecule has 0 spiro atoms. The molecule has 1 aliphatic heterocycles. The molecule has 3 rings (SSSR count). The summed E-state index contributed by atoms with van der Waals surface area (Å²) < 4.78 is 18.0. The van der Waals surface area contributed by atoms with Gasteiger partial charge in [-0.25, -0.2) is 4.99 Å². The molecule has 1 heterocycles. The summed E-state index contributed by atoms with van der Waals surface area (Å²) in [6.07, 6.45) is 7.36. The number of rotatable bonds is 14. The zero-order valence-electron chi connectivity index (χ0n) is 20.1. The molecule has 2 aliphatic rings. The minimum Gasteiger partial charge on any atom is -0.494 e. The largest absolute Gasteiger partial charge is 0.494 e. The quantitative estimate of drug-likeness (QED) is 0.313. The van der Waals surface area contributed by atoms with E-state index in [0.29, 0.717) is 19.8 Å². The first kappa shape index (κ1) is 25.0. The molecular formula is C26H36N4O3. The van der Waals surface area contributed by atoms with Crippen LogP contribution >= 0.6 is 0 Å². The molecule has 7 heteroatoms. The maximum atomic E-state index is 10.4. The van der Waals surface area contributed by atoms with E-state index in [9.17, 15) is 10.5 Å². The van der Waals surface area contributed by atoms with E-state index < -0.39 is 22.7 Å². The third kappa shape index (κ3) is 3.98. The maximum Gasteiger partial charge on any atom is 0.293 e. The van der Waals surface area contributed by atoms with Crippen LogP contribution in [0, 0.1) is 33.5 Å². The average Bonchev–Trinajstić information content (AvgIpc) is 3.42. The molecule has 2 N–H and O–H groups in total. The highest BCUT2D eigenvalue weighted by molar-refractivity contribution is 6.00. The molecule has 0 radical (unpaired) electrons. The zero-order chi connectivity index (χ0) is 24.0. The number of nitriles is 2. The topological polar surface area (TPSA) is 114 Å². The molecule has 1 fully saturated rings. The predicted octanol–water partition coefficient (Wildman–Crippen LogP) is 5.03. The summed E-state index contributed by atoms with van der Waals surface area (Å²) >= 11 is 0. The lowest BCUT2D eigenvalue weighted by Gasteiger charge is -2.32. The van der Waals surface area contributed by atoms with Gasteiger partial charge in [-0.15, -0.1) is 0 Å². The first-order valence-corrected chi connectivity index (χ1v) is 12.2. The Kier molecular flexibility index (Phi) is 8.00. The SMILES string of the molecule is CCCCCCCOc1ccc(C2C3(C#N)C(N)=NC(OCCC)(OCCC)C23C#N)cc1. The Hall–Kier alpha value is -2.61. The van der Waals surface area contributed by atoms with E-state index in [2.05, 4.69) is 24.1 Å². The number of ether oxygens (including phenoxy) is 3. The monoisotopic (exact) mass is 452 g/mol. The number of unbranched alkanes of at least 4 members (excludes halogenated alkanes) is 4. The van der Waals surface area contributed by atoms with Crippen molar-refractivity contribution < 1.29 is 14.2 Å². The van der Waals surface area contributed by atoms with Gasteiger partial charge in [-0.05, 0) is 37.0 Å². The van der Waals surface area contributed by atoms with Gasteiger partial charge in [0.15, 0.2) is 5.41 Å². The Labute approximate surface area is 197 Å². The van der Waals surface area contributed by atoms with E-state index in [1.807, 2.05) is 38.1 Å². The lowest BCUT2D eigenvalue weighted by Crippen LogP contribution is -2.44. The molecule has 1 saturated carbocycles. The summed E-state index contributed by atoms with van der Waals surface area (Å²) in [5.74, 6) is -1.19. The summed E-state index contributed by atoms with van der Waals surface area (Å²) in [6, 6.07) is 12.3.